The van der Waals surface area contributed by atoms with E-state index in [9.17, 15) is 4.79 Å². The molecule has 0 saturated heterocycles. The van der Waals surface area contributed by atoms with Gasteiger partial charge < -0.3 is 15.8 Å². The molecule has 1 atom stereocenters. The molecule has 23 heavy (non-hydrogen) atoms. The summed E-state index contributed by atoms with van der Waals surface area (Å²) >= 11 is 0. The third kappa shape index (κ3) is 7.42. The van der Waals surface area contributed by atoms with E-state index < -0.39 is 6.04 Å². The molecule has 0 fully saturated rings. The van der Waals surface area contributed by atoms with Crippen LogP contribution >= 0.6 is 0 Å². The maximum absolute atomic E-state index is 12.1. The van der Waals surface area contributed by atoms with Crippen molar-refractivity contribution >= 4 is 11.6 Å². The number of aryl methyl sites for hydroxylation is 1. The van der Waals surface area contributed by atoms with Crippen molar-refractivity contribution in [2.45, 2.75) is 64.8 Å². The first-order valence-electron chi connectivity index (χ1n) is 8.64. The zero-order valence-corrected chi connectivity index (χ0v) is 14.4. The van der Waals surface area contributed by atoms with Crippen LogP contribution in [0.15, 0.2) is 24.3 Å². The Balaban J connectivity index is 2.40. The molecule has 1 unspecified atom stereocenters. The van der Waals surface area contributed by atoms with Crippen molar-refractivity contribution in [1.82, 2.24) is 5.32 Å². The Morgan fingerprint density at radius 1 is 1.13 bits per heavy atom. The summed E-state index contributed by atoms with van der Waals surface area (Å²) in [4.78, 5) is 12.1. The predicted octanol–water partition coefficient (Wildman–Crippen LogP) is 3.72. The first-order valence-corrected chi connectivity index (χ1v) is 8.64. The lowest BCUT2D eigenvalue weighted by Gasteiger charge is -2.15. The quantitative estimate of drug-likeness (QED) is 0.430. The number of rotatable bonds is 11. The van der Waals surface area contributed by atoms with Crippen LogP contribution in [0.3, 0.4) is 0 Å². The van der Waals surface area contributed by atoms with Crippen LogP contribution in [-0.2, 0) is 6.42 Å². The molecule has 1 rings (SSSR count). The molecule has 1 aromatic carbocycles. The van der Waals surface area contributed by atoms with Crippen LogP contribution in [0.25, 0.3) is 0 Å². The van der Waals surface area contributed by atoms with Crippen molar-refractivity contribution in [3.8, 4) is 0 Å². The average Bonchev–Trinajstić information content (AvgIpc) is 2.55. The number of carbonyl (C=O) groups excluding carboxylic acids is 1. The highest BCUT2D eigenvalue weighted by molar-refractivity contribution is 5.98. The molecule has 4 heteroatoms. The van der Waals surface area contributed by atoms with Crippen molar-refractivity contribution in [2.75, 3.05) is 6.61 Å². The van der Waals surface area contributed by atoms with Gasteiger partial charge in [0, 0.05) is 11.3 Å². The van der Waals surface area contributed by atoms with Crippen molar-refractivity contribution < 1.29 is 9.90 Å². The Labute approximate surface area is 139 Å². The SMILES string of the molecule is CCCCCCCCc1ccc(C(=O)NC(CO)C(C)=N)cc1. The van der Waals surface area contributed by atoms with Gasteiger partial charge in [0.25, 0.3) is 5.91 Å². The van der Waals surface area contributed by atoms with E-state index in [1.54, 1.807) is 6.92 Å². The van der Waals surface area contributed by atoms with Gasteiger partial charge in [0.05, 0.1) is 12.6 Å². The van der Waals surface area contributed by atoms with Crippen LogP contribution in [0.5, 0.6) is 0 Å². The van der Waals surface area contributed by atoms with E-state index in [0.29, 0.717) is 5.56 Å². The van der Waals surface area contributed by atoms with Crippen LogP contribution in [0.2, 0.25) is 0 Å². The average molecular weight is 318 g/mol. The molecule has 1 aromatic rings. The highest BCUT2D eigenvalue weighted by Crippen LogP contribution is 2.11. The summed E-state index contributed by atoms with van der Waals surface area (Å²) in [6, 6.07) is 7.01. The summed E-state index contributed by atoms with van der Waals surface area (Å²) < 4.78 is 0. The molecule has 0 aromatic heterocycles. The number of carbonyl (C=O) groups is 1. The van der Waals surface area contributed by atoms with Gasteiger partial charge in [0.15, 0.2) is 0 Å². The Morgan fingerprint density at radius 2 is 1.74 bits per heavy atom. The molecule has 0 saturated carbocycles. The van der Waals surface area contributed by atoms with Crippen LogP contribution in [0.1, 0.15) is 68.3 Å². The molecule has 0 bridgehead atoms. The highest BCUT2D eigenvalue weighted by atomic mass is 16.3. The minimum Gasteiger partial charge on any atom is -0.394 e. The van der Waals surface area contributed by atoms with Crippen LogP contribution in [0.4, 0.5) is 0 Å². The molecular weight excluding hydrogens is 288 g/mol. The maximum atomic E-state index is 12.1. The number of unbranched alkanes of at least 4 members (excludes halogenated alkanes) is 5. The Kier molecular flexibility index (Phi) is 9.22. The second kappa shape index (κ2) is 10.9. The fourth-order valence-electron chi connectivity index (χ4n) is 2.46. The minimum absolute atomic E-state index is 0.248. The summed E-state index contributed by atoms with van der Waals surface area (Å²) in [5.74, 6) is -0.248. The predicted molar refractivity (Wildman–Crippen MR) is 95.3 cm³/mol. The highest BCUT2D eigenvalue weighted by Gasteiger charge is 2.14. The lowest BCUT2D eigenvalue weighted by molar-refractivity contribution is 0.0933. The van der Waals surface area contributed by atoms with Crippen LogP contribution in [-0.4, -0.2) is 29.4 Å². The normalized spacial score (nSPS) is 12.0. The summed E-state index contributed by atoms with van der Waals surface area (Å²) in [6.45, 7) is 3.55. The second-order valence-electron chi connectivity index (χ2n) is 6.11. The van der Waals surface area contributed by atoms with Gasteiger partial charge >= 0.3 is 0 Å². The molecular formula is C19H30N2O2. The van der Waals surface area contributed by atoms with Gasteiger partial charge in [-0.2, -0.15) is 0 Å². The molecule has 4 nitrogen and oxygen atoms in total. The molecule has 3 N–H and O–H groups in total. The largest absolute Gasteiger partial charge is 0.394 e. The Morgan fingerprint density at radius 3 is 2.30 bits per heavy atom. The number of aliphatic hydroxyl groups is 1. The third-order valence-corrected chi connectivity index (χ3v) is 4.05. The van der Waals surface area contributed by atoms with Gasteiger partial charge in [0.2, 0.25) is 0 Å². The van der Waals surface area contributed by atoms with E-state index in [1.807, 2.05) is 24.3 Å². The molecule has 128 valence electrons. The van der Waals surface area contributed by atoms with Gasteiger partial charge in [-0.1, -0.05) is 51.2 Å². The van der Waals surface area contributed by atoms with Crippen LogP contribution < -0.4 is 5.32 Å². The Bertz CT molecular complexity index is 483. The zero-order chi connectivity index (χ0) is 17.1. The second-order valence-corrected chi connectivity index (χ2v) is 6.11. The summed E-state index contributed by atoms with van der Waals surface area (Å²) in [5, 5.41) is 19.3. The molecule has 1 amide bonds. The summed E-state index contributed by atoms with van der Waals surface area (Å²) in [5.41, 5.74) is 2.07. The Hall–Kier alpha value is -1.68. The number of nitrogens with one attached hydrogen (secondary N) is 2. The molecule has 0 spiro atoms. The van der Waals surface area contributed by atoms with Gasteiger partial charge in [0.1, 0.15) is 0 Å². The smallest absolute Gasteiger partial charge is 0.251 e. The fraction of sp³-hybridized carbons (Fsp3) is 0.579. The van der Waals surface area contributed by atoms with Crippen molar-refractivity contribution in [2.24, 2.45) is 0 Å². The van der Waals surface area contributed by atoms with Crippen molar-refractivity contribution in [3.05, 3.63) is 35.4 Å². The van der Waals surface area contributed by atoms with E-state index in [4.69, 9.17) is 10.5 Å². The van der Waals surface area contributed by atoms with Crippen molar-refractivity contribution in [1.29, 1.82) is 5.41 Å². The number of hydrogen-bond acceptors (Lipinski definition) is 3. The molecule has 0 aliphatic heterocycles. The van der Waals surface area contributed by atoms with Gasteiger partial charge in [-0.3, -0.25) is 4.79 Å². The number of hydrogen-bond donors (Lipinski definition) is 3. The van der Waals surface area contributed by atoms with Gasteiger partial charge in [-0.25, -0.2) is 0 Å². The molecule has 0 aliphatic rings. The monoisotopic (exact) mass is 318 g/mol. The first-order chi connectivity index (χ1) is 11.1. The molecule has 0 aliphatic carbocycles. The topological polar surface area (TPSA) is 73.2 Å². The maximum Gasteiger partial charge on any atom is 0.251 e. The van der Waals surface area contributed by atoms with E-state index in [1.165, 1.54) is 44.1 Å². The summed E-state index contributed by atoms with van der Waals surface area (Å²) in [7, 11) is 0. The minimum atomic E-state index is -0.606. The first kappa shape index (κ1) is 19.4. The van der Waals surface area contributed by atoms with E-state index in [0.717, 1.165) is 6.42 Å². The van der Waals surface area contributed by atoms with E-state index >= 15 is 0 Å². The number of aliphatic hydroxyl groups excluding tert-OH is 1. The van der Waals surface area contributed by atoms with E-state index in [2.05, 4.69) is 12.2 Å². The summed E-state index contributed by atoms with van der Waals surface area (Å²) in [6.07, 6.45) is 8.74. The molecule has 0 radical (unpaired) electrons. The number of benzene rings is 1. The van der Waals surface area contributed by atoms with Gasteiger partial charge in [-0.05, 0) is 37.5 Å². The lowest BCUT2D eigenvalue weighted by atomic mass is 10.0. The molecule has 0 heterocycles. The lowest BCUT2D eigenvalue weighted by Crippen LogP contribution is -2.42. The van der Waals surface area contributed by atoms with Crippen molar-refractivity contribution in [3.63, 3.8) is 0 Å². The zero-order valence-electron chi connectivity index (χ0n) is 14.4. The van der Waals surface area contributed by atoms with E-state index in [-0.39, 0.29) is 18.2 Å². The third-order valence-electron chi connectivity index (χ3n) is 4.05. The standard InChI is InChI=1S/C19H30N2O2/c1-3-4-5-6-7-8-9-16-10-12-17(13-11-16)19(23)21-18(14-22)15(2)20/h10-13,18,20,22H,3-9,14H2,1-2H3,(H,21,23). The fourth-order valence-corrected chi connectivity index (χ4v) is 2.46. The number of amides is 1. The van der Waals surface area contributed by atoms with Gasteiger partial charge in [-0.15, -0.1) is 0 Å². The van der Waals surface area contributed by atoms with Crippen LogP contribution in [0, 0.1) is 5.41 Å².